The second-order valence-corrected chi connectivity index (χ2v) is 9.54. The molecule has 0 spiro atoms. The minimum absolute atomic E-state index is 0.00732. The molecule has 31 heavy (non-hydrogen) atoms. The first-order valence-electron chi connectivity index (χ1n) is 10.0. The molecule has 0 aromatic heterocycles. The third-order valence-corrected chi connectivity index (χ3v) is 7.36. The van der Waals surface area contributed by atoms with Crippen molar-refractivity contribution < 1.29 is 17.2 Å². The van der Waals surface area contributed by atoms with Gasteiger partial charge in [-0.3, -0.25) is 4.72 Å². The van der Waals surface area contributed by atoms with Gasteiger partial charge in [-0.15, -0.1) is 0 Å². The first-order valence-corrected chi connectivity index (χ1v) is 11.5. The third-order valence-electron chi connectivity index (χ3n) is 5.99. The molecule has 5 rings (SSSR count). The Bertz CT molecular complexity index is 1270. The molecular formula is C24H20F2N2O2S. The molecule has 3 aromatic carbocycles. The predicted molar refractivity (Wildman–Crippen MR) is 116 cm³/mol. The monoisotopic (exact) mass is 438 g/mol. The summed E-state index contributed by atoms with van der Waals surface area (Å²) >= 11 is 0. The van der Waals surface area contributed by atoms with Crippen LogP contribution in [0.3, 0.4) is 0 Å². The highest BCUT2D eigenvalue weighted by Gasteiger charge is 2.38. The van der Waals surface area contributed by atoms with Crippen LogP contribution in [0, 0.1) is 17.6 Å². The molecule has 0 fully saturated rings. The maximum absolute atomic E-state index is 13.9. The third kappa shape index (κ3) is 3.59. The zero-order valence-corrected chi connectivity index (χ0v) is 17.2. The highest BCUT2D eigenvalue weighted by Crippen LogP contribution is 2.50. The van der Waals surface area contributed by atoms with E-state index >= 15 is 0 Å². The number of allylic oxidation sites excluding steroid dienone is 2. The van der Waals surface area contributed by atoms with Gasteiger partial charge in [0.25, 0.3) is 10.0 Å². The lowest BCUT2D eigenvalue weighted by molar-refractivity contribution is 0.424. The van der Waals surface area contributed by atoms with Crippen LogP contribution >= 0.6 is 0 Å². The van der Waals surface area contributed by atoms with Crippen LogP contribution in [0.2, 0.25) is 0 Å². The van der Waals surface area contributed by atoms with Gasteiger partial charge in [-0.25, -0.2) is 17.2 Å². The van der Waals surface area contributed by atoms with Crippen LogP contribution in [-0.4, -0.2) is 8.42 Å². The molecule has 2 N–H and O–H groups in total. The number of sulfonamides is 1. The largest absolute Gasteiger partial charge is 0.378 e. The standard InChI is InChI=1S/C24H20F2N2O2S/c25-16-10-8-15(9-11-16)24-19-5-3-4-18(19)20-14-17(12-13-22(20)27-24)31(29,30)28-23-7-2-1-6-21(23)26/h1-4,6-14,18-19,24,27-28H,5H2/t18-,19-,24+/m0/s1. The number of fused-ring (bicyclic) bond motifs is 3. The summed E-state index contributed by atoms with van der Waals surface area (Å²) in [5.74, 6) is -0.685. The van der Waals surface area contributed by atoms with Gasteiger partial charge in [0.15, 0.2) is 0 Å². The zero-order valence-electron chi connectivity index (χ0n) is 16.4. The van der Waals surface area contributed by atoms with Crippen molar-refractivity contribution in [1.29, 1.82) is 0 Å². The van der Waals surface area contributed by atoms with Gasteiger partial charge >= 0.3 is 0 Å². The van der Waals surface area contributed by atoms with E-state index in [-0.39, 0.29) is 34.3 Å². The van der Waals surface area contributed by atoms with Crippen LogP contribution < -0.4 is 10.0 Å². The second-order valence-electron chi connectivity index (χ2n) is 7.86. The van der Waals surface area contributed by atoms with Gasteiger partial charge < -0.3 is 5.32 Å². The molecule has 0 radical (unpaired) electrons. The van der Waals surface area contributed by atoms with Gasteiger partial charge in [0.1, 0.15) is 11.6 Å². The first-order chi connectivity index (χ1) is 14.9. The highest BCUT2D eigenvalue weighted by atomic mass is 32.2. The Balaban J connectivity index is 1.50. The van der Waals surface area contributed by atoms with Crippen molar-refractivity contribution in [2.75, 3.05) is 10.0 Å². The van der Waals surface area contributed by atoms with Crippen LogP contribution in [0.5, 0.6) is 0 Å². The molecule has 1 heterocycles. The molecule has 1 aliphatic heterocycles. The summed E-state index contributed by atoms with van der Waals surface area (Å²) in [7, 11) is -3.95. The van der Waals surface area contributed by atoms with Crippen molar-refractivity contribution in [2.45, 2.75) is 23.3 Å². The molecular weight excluding hydrogens is 418 g/mol. The molecule has 3 atom stereocenters. The molecule has 1 aliphatic carbocycles. The number of anilines is 2. The first kappa shape index (κ1) is 19.8. The minimum atomic E-state index is -3.95. The van der Waals surface area contributed by atoms with Gasteiger partial charge in [-0.2, -0.15) is 0 Å². The molecule has 158 valence electrons. The average molecular weight is 438 g/mol. The fourth-order valence-electron chi connectivity index (χ4n) is 4.49. The number of halogens is 2. The molecule has 0 saturated carbocycles. The quantitative estimate of drug-likeness (QED) is 0.522. The predicted octanol–water partition coefficient (Wildman–Crippen LogP) is 5.59. The Morgan fingerprint density at radius 3 is 2.52 bits per heavy atom. The lowest BCUT2D eigenvalue weighted by Gasteiger charge is -2.37. The van der Waals surface area contributed by atoms with E-state index < -0.39 is 15.8 Å². The van der Waals surface area contributed by atoms with E-state index in [4.69, 9.17) is 0 Å². The van der Waals surface area contributed by atoms with Gasteiger partial charge in [0, 0.05) is 11.6 Å². The molecule has 3 aromatic rings. The Morgan fingerprint density at radius 2 is 1.74 bits per heavy atom. The number of hydrogen-bond acceptors (Lipinski definition) is 3. The summed E-state index contributed by atoms with van der Waals surface area (Å²) in [6.07, 6.45) is 5.03. The van der Waals surface area contributed by atoms with Crippen molar-refractivity contribution in [2.24, 2.45) is 5.92 Å². The van der Waals surface area contributed by atoms with Crippen LogP contribution in [0.15, 0.2) is 83.8 Å². The van der Waals surface area contributed by atoms with Crippen molar-refractivity contribution in [3.8, 4) is 0 Å². The van der Waals surface area contributed by atoms with Crippen molar-refractivity contribution in [1.82, 2.24) is 0 Å². The van der Waals surface area contributed by atoms with E-state index in [1.165, 1.54) is 36.4 Å². The van der Waals surface area contributed by atoms with Crippen LogP contribution in [0.25, 0.3) is 0 Å². The van der Waals surface area contributed by atoms with Crippen molar-refractivity contribution in [3.05, 3.63) is 102 Å². The molecule has 0 saturated heterocycles. The number of para-hydroxylation sites is 1. The fraction of sp³-hybridized carbons (Fsp3) is 0.167. The Kier molecular flexibility index (Phi) is 4.78. The van der Waals surface area contributed by atoms with E-state index in [2.05, 4.69) is 22.2 Å². The van der Waals surface area contributed by atoms with Gasteiger partial charge in [0.2, 0.25) is 0 Å². The lowest BCUT2D eigenvalue weighted by atomic mass is 9.77. The number of benzene rings is 3. The van der Waals surface area contributed by atoms with E-state index in [9.17, 15) is 17.2 Å². The smallest absolute Gasteiger partial charge is 0.261 e. The molecule has 4 nitrogen and oxygen atoms in total. The number of hydrogen-bond donors (Lipinski definition) is 2. The van der Waals surface area contributed by atoms with Crippen molar-refractivity contribution >= 4 is 21.4 Å². The van der Waals surface area contributed by atoms with E-state index in [0.717, 1.165) is 23.2 Å². The average Bonchev–Trinajstić information content (AvgIpc) is 3.25. The maximum Gasteiger partial charge on any atom is 0.261 e. The summed E-state index contributed by atoms with van der Waals surface area (Å²) in [6.45, 7) is 0. The summed E-state index contributed by atoms with van der Waals surface area (Å²) in [6, 6.07) is 17.0. The Morgan fingerprint density at radius 1 is 0.968 bits per heavy atom. The molecule has 2 aliphatic rings. The van der Waals surface area contributed by atoms with Crippen LogP contribution in [0.4, 0.5) is 20.2 Å². The highest BCUT2D eigenvalue weighted by molar-refractivity contribution is 7.92. The summed E-state index contributed by atoms with van der Waals surface area (Å²) in [5, 5.41) is 3.50. The topological polar surface area (TPSA) is 58.2 Å². The second kappa shape index (κ2) is 7.50. The van der Waals surface area contributed by atoms with Gasteiger partial charge in [-0.05, 0) is 65.9 Å². The van der Waals surface area contributed by atoms with E-state index in [1.807, 2.05) is 0 Å². The van der Waals surface area contributed by atoms with E-state index in [0.29, 0.717) is 0 Å². The van der Waals surface area contributed by atoms with Crippen LogP contribution in [-0.2, 0) is 10.0 Å². The summed E-state index contributed by atoms with van der Waals surface area (Å²) < 4.78 is 55.5. The fourth-order valence-corrected chi connectivity index (χ4v) is 5.59. The van der Waals surface area contributed by atoms with Crippen LogP contribution in [0.1, 0.15) is 29.5 Å². The van der Waals surface area contributed by atoms with Gasteiger partial charge in [0.05, 0.1) is 16.6 Å². The Hall–Kier alpha value is -3.19. The SMILES string of the molecule is O=S(=O)(Nc1ccccc1F)c1ccc2c(c1)[C@H]1C=CC[C@@H]1[C@@H](c1ccc(F)cc1)N2. The van der Waals surface area contributed by atoms with E-state index in [1.54, 1.807) is 30.3 Å². The minimum Gasteiger partial charge on any atom is -0.378 e. The lowest BCUT2D eigenvalue weighted by Crippen LogP contribution is -2.29. The summed E-state index contributed by atoms with van der Waals surface area (Å²) in [4.78, 5) is 0.0792. The number of rotatable bonds is 4. The summed E-state index contributed by atoms with van der Waals surface area (Å²) in [5.41, 5.74) is 2.62. The van der Waals surface area contributed by atoms with Gasteiger partial charge in [-0.1, -0.05) is 36.4 Å². The molecule has 0 amide bonds. The molecule has 0 unspecified atom stereocenters. The Labute approximate surface area is 179 Å². The zero-order chi connectivity index (χ0) is 21.6. The van der Waals surface area contributed by atoms with Crippen molar-refractivity contribution in [3.63, 3.8) is 0 Å². The maximum atomic E-state index is 13.9. The molecule has 0 bridgehead atoms. The molecule has 7 heteroatoms. The number of nitrogens with one attached hydrogen (secondary N) is 2. The normalized spacial score (nSPS) is 21.8.